The van der Waals surface area contributed by atoms with Crippen LogP contribution in [0.3, 0.4) is 0 Å². The molecule has 3 N–H and O–H groups in total. The van der Waals surface area contributed by atoms with Gasteiger partial charge in [0, 0.05) is 12.6 Å². The lowest BCUT2D eigenvalue weighted by Crippen LogP contribution is -2.36. The van der Waals surface area contributed by atoms with Crippen LogP contribution in [0.2, 0.25) is 0 Å². The molecule has 1 aromatic heterocycles. The Labute approximate surface area is 109 Å². The van der Waals surface area contributed by atoms with Gasteiger partial charge < -0.3 is 14.9 Å². The molecule has 1 fully saturated rings. The van der Waals surface area contributed by atoms with Gasteiger partial charge in [0.25, 0.3) is 5.56 Å². The minimum Gasteiger partial charge on any atom is -0.394 e. The molecule has 1 aromatic rings. The minimum atomic E-state index is -4.92. The van der Waals surface area contributed by atoms with E-state index in [4.69, 9.17) is 9.84 Å². The summed E-state index contributed by atoms with van der Waals surface area (Å²) < 4.78 is 43.4. The van der Waals surface area contributed by atoms with E-state index in [0.717, 1.165) is 0 Å². The van der Waals surface area contributed by atoms with Crippen molar-refractivity contribution >= 4 is 0 Å². The number of ether oxygens (including phenoxy) is 1. The van der Waals surface area contributed by atoms with Crippen LogP contribution < -0.4 is 11.2 Å². The lowest BCUT2D eigenvalue weighted by molar-refractivity contribution is -0.139. The monoisotopic (exact) mass is 296 g/mol. The predicted octanol–water partition coefficient (Wildman–Crippen LogP) is -0.804. The SMILES string of the molecule is O=c1[nH]c(=O)n([C@H]2C[C@@H](O)C(CO)O2)cc1C(F)(F)F. The molecular weight excluding hydrogens is 285 g/mol. The van der Waals surface area contributed by atoms with Crippen molar-refractivity contribution in [3.05, 3.63) is 32.6 Å². The van der Waals surface area contributed by atoms with Gasteiger partial charge in [-0.25, -0.2) is 4.79 Å². The van der Waals surface area contributed by atoms with E-state index < -0.39 is 48.0 Å². The summed E-state index contributed by atoms with van der Waals surface area (Å²) in [7, 11) is 0. The van der Waals surface area contributed by atoms with Gasteiger partial charge in [-0.05, 0) is 0 Å². The van der Waals surface area contributed by atoms with Crippen molar-refractivity contribution in [1.82, 2.24) is 9.55 Å². The Morgan fingerprint density at radius 2 is 2.10 bits per heavy atom. The molecule has 0 aromatic carbocycles. The molecule has 112 valence electrons. The maximum atomic E-state index is 12.6. The number of aromatic amines is 1. The predicted molar refractivity (Wildman–Crippen MR) is 57.9 cm³/mol. The molecule has 0 saturated carbocycles. The Hall–Kier alpha value is -1.65. The molecule has 7 nitrogen and oxygen atoms in total. The van der Waals surface area contributed by atoms with Crippen LogP contribution in [0.1, 0.15) is 18.2 Å². The molecule has 10 heteroatoms. The third-order valence-corrected chi connectivity index (χ3v) is 2.97. The maximum Gasteiger partial charge on any atom is 0.423 e. The summed E-state index contributed by atoms with van der Waals surface area (Å²) in [5.74, 6) is 0. The van der Waals surface area contributed by atoms with Gasteiger partial charge in [0.05, 0.1) is 12.7 Å². The molecule has 0 spiro atoms. The minimum absolute atomic E-state index is 0.172. The lowest BCUT2D eigenvalue weighted by Gasteiger charge is -2.16. The Kier molecular flexibility index (Phi) is 3.71. The number of hydrogen-bond acceptors (Lipinski definition) is 5. The van der Waals surface area contributed by atoms with E-state index in [1.807, 2.05) is 0 Å². The summed E-state index contributed by atoms with van der Waals surface area (Å²) in [4.78, 5) is 24.2. The summed E-state index contributed by atoms with van der Waals surface area (Å²) in [6, 6.07) is 0. The molecule has 0 aliphatic carbocycles. The van der Waals surface area contributed by atoms with Crippen LogP contribution in [0.15, 0.2) is 15.8 Å². The largest absolute Gasteiger partial charge is 0.423 e. The summed E-state index contributed by atoms with van der Waals surface area (Å²) in [6.07, 6.45) is -8.04. The second kappa shape index (κ2) is 5.04. The van der Waals surface area contributed by atoms with Crippen molar-refractivity contribution in [2.45, 2.75) is 31.0 Å². The van der Waals surface area contributed by atoms with Gasteiger partial charge in [0.2, 0.25) is 0 Å². The molecule has 2 rings (SSSR count). The first-order valence-corrected chi connectivity index (χ1v) is 5.61. The smallest absolute Gasteiger partial charge is 0.394 e. The number of hydrogen-bond donors (Lipinski definition) is 3. The van der Waals surface area contributed by atoms with Crippen LogP contribution in [-0.4, -0.2) is 38.6 Å². The van der Waals surface area contributed by atoms with Gasteiger partial charge in [-0.3, -0.25) is 14.3 Å². The maximum absolute atomic E-state index is 12.6. The van der Waals surface area contributed by atoms with Crippen LogP contribution in [0.4, 0.5) is 13.2 Å². The number of aliphatic hydroxyl groups excluding tert-OH is 2. The molecule has 1 aliphatic heterocycles. The first-order chi connectivity index (χ1) is 9.24. The molecule has 1 unspecified atom stereocenters. The van der Waals surface area contributed by atoms with Crippen molar-refractivity contribution in [2.24, 2.45) is 0 Å². The zero-order valence-electron chi connectivity index (χ0n) is 9.92. The molecule has 20 heavy (non-hydrogen) atoms. The first kappa shape index (κ1) is 14.8. The molecule has 1 aliphatic rings. The third kappa shape index (κ3) is 2.62. The summed E-state index contributed by atoms with van der Waals surface area (Å²) in [6.45, 7) is -0.540. The van der Waals surface area contributed by atoms with Gasteiger partial charge in [-0.15, -0.1) is 0 Å². The quantitative estimate of drug-likeness (QED) is 0.662. The Morgan fingerprint density at radius 1 is 1.45 bits per heavy atom. The number of alkyl halides is 3. The molecule has 2 heterocycles. The number of H-pyrrole nitrogens is 1. The number of aliphatic hydroxyl groups is 2. The molecular formula is C10H11F3N2O5. The summed E-state index contributed by atoms with van der Waals surface area (Å²) in [5, 5.41) is 18.4. The van der Waals surface area contributed by atoms with Gasteiger partial charge in [0.1, 0.15) is 17.9 Å². The zero-order valence-corrected chi connectivity index (χ0v) is 9.92. The van der Waals surface area contributed by atoms with Gasteiger partial charge in [0.15, 0.2) is 0 Å². The fourth-order valence-corrected chi connectivity index (χ4v) is 1.95. The normalized spacial score (nSPS) is 26.9. The van der Waals surface area contributed by atoms with Crippen LogP contribution in [0, 0.1) is 0 Å². The standard InChI is InChI=1S/C10H11F3N2O5/c11-10(12,13)4-2-15(9(19)14-8(4)18)7-1-5(17)6(3-16)20-7/h2,5-7,16-17H,1,3H2,(H,14,18,19)/t5-,6?,7-/m1/s1. The van der Waals surface area contributed by atoms with Crippen LogP contribution in [0.5, 0.6) is 0 Å². The second-order valence-electron chi connectivity index (χ2n) is 4.32. The summed E-state index contributed by atoms with van der Waals surface area (Å²) in [5.41, 5.74) is -4.17. The van der Waals surface area contributed by atoms with E-state index in [-0.39, 0.29) is 6.42 Å². The lowest BCUT2D eigenvalue weighted by atomic mass is 10.2. The highest BCUT2D eigenvalue weighted by molar-refractivity contribution is 5.09. The fourth-order valence-electron chi connectivity index (χ4n) is 1.95. The highest BCUT2D eigenvalue weighted by Gasteiger charge is 2.38. The third-order valence-electron chi connectivity index (χ3n) is 2.97. The van der Waals surface area contributed by atoms with E-state index in [9.17, 15) is 27.9 Å². The topological polar surface area (TPSA) is 105 Å². The van der Waals surface area contributed by atoms with Crippen molar-refractivity contribution < 1.29 is 28.1 Å². The van der Waals surface area contributed by atoms with Gasteiger partial charge in [-0.1, -0.05) is 0 Å². The van der Waals surface area contributed by atoms with E-state index in [1.54, 1.807) is 4.98 Å². The Morgan fingerprint density at radius 3 is 2.60 bits per heavy atom. The van der Waals surface area contributed by atoms with Gasteiger partial charge in [-0.2, -0.15) is 13.2 Å². The van der Waals surface area contributed by atoms with Crippen molar-refractivity contribution in [1.29, 1.82) is 0 Å². The molecule has 3 atom stereocenters. The number of halogens is 3. The number of aromatic nitrogens is 2. The van der Waals surface area contributed by atoms with Gasteiger partial charge >= 0.3 is 11.9 Å². The fraction of sp³-hybridized carbons (Fsp3) is 0.600. The van der Waals surface area contributed by atoms with E-state index >= 15 is 0 Å². The van der Waals surface area contributed by atoms with Crippen molar-refractivity contribution in [3.63, 3.8) is 0 Å². The molecule has 0 bridgehead atoms. The van der Waals surface area contributed by atoms with Crippen molar-refractivity contribution in [2.75, 3.05) is 6.61 Å². The highest BCUT2D eigenvalue weighted by atomic mass is 19.4. The second-order valence-corrected chi connectivity index (χ2v) is 4.32. The van der Waals surface area contributed by atoms with Crippen LogP contribution in [0.25, 0.3) is 0 Å². The first-order valence-electron chi connectivity index (χ1n) is 5.61. The van der Waals surface area contributed by atoms with E-state index in [2.05, 4.69) is 0 Å². The van der Waals surface area contributed by atoms with Crippen LogP contribution >= 0.6 is 0 Å². The summed E-state index contributed by atoms with van der Waals surface area (Å²) >= 11 is 0. The number of nitrogens with zero attached hydrogens (tertiary/aromatic N) is 1. The van der Waals surface area contributed by atoms with Crippen molar-refractivity contribution in [3.8, 4) is 0 Å². The molecule has 0 radical (unpaired) electrons. The molecule has 0 amide bonds. The number of rotatable bonds is 2. The van der Waals surface area contributed by atoms with Crippen LogP contribution in [-0.2, 0) is 10.9 Å². The highest BCUT2D eigenvalue weighted by Crippen LogP contribution is 2.30. The zero-order chi connectivity index (χ0) is 15.1. The number of nitrogens with one attached hydrogen (secondary N) is 1. The molecule has 1 saturated heterocycles. The Bertz CT molecular complexity index is 608. The average molecular weight is 296 g/mol. The Balaban J connectivity index is 2.43. The average Bonchev–Trinajstić information content (AvgIpc) is 2.68. The van der Waals surface area contributed by atoms with E-state index in [1.165, 1.54) is 0 Å². The van der Waals surface area contributed by atoms with E-state index in [0.29, 0.717) is 10.8 Å².